The Labute approximate surface area is 179 Å². The number of imidazole rings is 1. The fourth-order valence-electron chi connectivity index (χ4n) is 2.61. The molecule has 0 saturated heterocycles. The van der Waals surface area contributed by atoms with Crippen molar-refractivity contribution in [2.45, 2.75) is 56.8 Å². The number of aliphatic carboxylic acids is 1. The van der Waals surface area contributed by atoms with Gasteiger partial charge in [-0.05, 0) is 26.3 Å². The first-order valence-electron chi connectivity index (χ1n) is 9.87. The molecule has 1 aromatic heterocycles. The van der Waals surface area contributed by atoms with Gasteiger partial charge in [-0.25, -0.2) is 9.78 Å². The summed E-state index contributed by atoms with van der Waals surface area (Å²) in [6.07, 6.45) is 4.50. The Kier molecular flexibility index (Phi) is 11.2. The number of carboxylic acid groups (broad SMARTS) is 1. The van der Waals surface area contributed by atoms with Gasteiger partial charge in [-0.15, -0.1) is 0 Å². The number of carbonyl (C=O) groups excluding carboxylic acids is 3. The highest BCUT2D eigenvalue weighted by molar-refractivity contribution is 5.93. The highest BCUT2D eigenvalue weighted by Crippen LogP contribution is 2.01. The number of nitrogens with one attached hydrogen (secondary N) is 4. The number of aliphatic hydroxyl groups is 1. The molecule has 0 saturated carbocycles. The number of aromatic amines is 1. The molecule has 0 aliphatic rings. The molecule has 0 radical (unpaired) electrons. The van der Waals surface area contributed by atoms with Gasteiger partial charge < -0.3 is 42.6 Å². The van der Waals surface area contributed by atoms with Crippen molar-refractivity contribution in [2.75, 3.05) is 13.2 Å². The minimum Gasteiger partial charge on any atom is -0.480 e. The molecule has 4 atom stereocenters. The van der Waals surface area contributed by atoms with Crippen LogP contribution in [0.4, 0.5) is 0 Å². The van der Waals surface area contributed by atoms with Crippen LogP contribution in [0.5, 0.6) is 0 Å². The predicted molar refractivity (Wildman–Crippen MR) is 109 cm³/mol. The van der Waals surface area contributed by atoms with Crippen molar-refractivity contribution in [1.82, 2.24) is 25.9 Å². The number of nitrogens with two attached hydrogens (primary N) is 2. The fraction of sp³-hybridized carbons (Fsp3) is 0.611. The number of unbranched alkanes of at least 4 members (excludes halogenated alkanes) is 1. The van der Waals surface area contributed by atoms with Crippen LogP contribution in [-0.4, -0.2) is 81.2 Å². The van der Waals surface area contributed by atoms with E-state index in [1.54, 1.807) is 0 Å². The number of amides is 3. The molecular weight excluding hydrogens is 410 g/mol. The van der Waals surface area contributed by atoms with Crippen LogP contribution in [0.15, 0.2) is 12.5 Å². The summed E-state index contributed by atoms with van der Waals surface area (Å²) >= 11 is 0. The van der Waals surface area contributed by atoms with Crippen molar-refractivity contribution < 1.29 is 29.4 Å². The summed E-state index contributed by atoms with van der Waals surface area (Å²) in [7, 11) is 0. The molecule has 0 bridgehead atoms. The molecule has 0 fully saturated rings. The fourth-order valence-corrected chi connectivity index (χ4v) is 2.61. The van der Waals surface area contributed by atoms with Gasteiger partial charge in [-0.1, -0.05) is 6.42 Å². The summed E-state index contributed by atoms with van der Waals surface area (Å²) in [5.74, 6) is -3.44. The van der Waals surface area contributed by atoms with Crippen LogP contribution in [0.25, 0.3) is 0 Å². The van der Waals surface area contributed by atoms with Crippen molar-refractivity contribution in [3.8, 4) is 0 Å². The van der Waals surface area contributed by atoms with E-state index in [9.17, 15) is 29.4 Å². The third kappa shape index (κ3) is 9.11. The maximum atomic E-state index is 12.3. The van der Waals surface area contributed by atoms with E-state index in [2.05, 4.69) is 25.9 Å². The van der Waals surface area contributed by atoms with Crippen molar-refractivity contribution >= 4 is 23.7 Å². The van der Waals surface area contributed by atoms with Gasteiger partial charge in [-0.2, -0.15) is 0 Å². The molecule has 13 heteroatoms. The Balaban J connectivity index is 2.59. The van der Waals surface area contributed by atoms with E-state index >= 15 is 0 Å². The van der Waals surface area contributed by atoms with E-state index in [0.717, 1.165) is 0 Å². The summed E-state index contributed by atoms with van der Waals surface area (Å²) in [6, 6.07) is -4.55. The van der Waals surface area contributed by atoms with Crippen LogP contribution in [0.3, 0.4) is 0 Å². The zero-order valence-corrected chi connectivity index (χ0v) is 17.3. The molecule has 13 nitrogen and oxygen atoms in total. The number of carbonyl (C=O) groups is 4. The summed E-state index contributed by atoms with van der Waals surface area (Å²) < 4.78 is 0. The lowest BCUT2D eigenvalue weighted by Crippen LogP contribution is -2.57. The van der Waals surface area contributed by atoms with Crippen LogP contribution >= 0.6 is 0 Å². The first kappa shape index (κ1) is 26.0. The van der Waals surface area contributed by atoms with Crippen LogP contribution in [0, 0.1) is 0 Å². The zero-order chi connectivity index (χ0) is 23.4. The molecule has 0 aliphatic carbocycles. The summed E-state index contributed by atoms with van der Waals surface area (Å²) in [5.41, 5.74) is 11.7. The molecule has 31 heavy (non-hydrogen) atoms. The lowest BCUT2D eigenvalue weighted by Gasteiger charge is -2.22. The summed E-state index contributed by atoms with van der Waals surface area (Å²) in [5, 5.41) is 25.7. The summed E-state index contributed by atoms with van der Waals surface area (Å²) in [4.78, 5) is 54.7. The second-order valence-corrected chi connectivity index (χ2v) is 7.05. The van der Waals surface area contributed by atoms with Gasteiger partial charge in [0, 0.05) is 18.3 Å². The quantitative estimate of drug-likeness (QED) is 0.137. The third-order valence-electron chi connectivity index (χ3n) is 4.47. The molecule has 0 aliphatic heterocycles. The normalized spacial score (nSPS) is 14.7. The van der Waals surface area contributed by atoms with E-state index in [1.165, 1.54) is 19.4 Å². The minimum absolute atomic E-state index is 0.0287. The smallest absolute Gasteiger partial charge is 0.326 e. The Bertz CT molecular complexity index is 727. The van der Waals surface area contributed by atoms with Crippen molar-refractivity contribution in [3.05, 3.63) is 18.2 Å². The van der Waals surface area contributed by atoms with Gasteiger partial charge >= 0.3 is 5.97 Å². The molecule has 0 spiro atoms. The van der Waals surface area contributed by atoms with Gasteiger partial charge in [0.25, 0.3) is 0 Å². The summed E-state index contributed by atoms with van der Waals surface area (Å²) in [6.45, 7) is 1.11. The number of rotatable bonds is 14. The molecule has 1 heterocycles. The molecule has 3 amide bonds. The number of hydrogen-bond donors (Lipinski definition) is 8. The van der Waals surface area contributed by atoms with Crippen molar-refractivity contribution in [3.63, 3.8) is 0 Å². The van der Waals surface area contributed by atoms with Crippen LogP contribution < -0.4 is 27.4 Å². The van der Waals surface area contributed by atoms with Gasteiger partial charge in [0.05, 0.1) is 19.0 Å². The monoisotopic (exact) mass is 441 g/mol. The van der Waals surface area contributed by atoms with E-state index in [1.807, 2.05) is 0 Å². The molecular formula is C18H31N7O6. The average Bonchev–Trinajstić information content (AvgIpc) is 3.24. The van der Waals surface area contributed by atoms with Crippen LogP contribution in [-0.2, 0) is 25.6 Å². The number of aromatic nitrogens is 2. The number of carboxylic acids is 1. The zero-order valence-electron chi connectivity index (χ0n) is 17.3. The van der Waals surface area contributed by atoms with Gasteiger partial charge in [0.1, 0.15) is 18.1 Å². The molecule has 1 rings (SSSR count). The molecule has 10 N–H and O–H groups in total. The van der Waals surface area contributed by atoms with E-state index < -0.39 is 54.5 Å². The Morgan fingerprint density at radius 2 is 1.77 bits per heavy atom. The topological polar surface area (TPSA) is 226 Å². The minimum atomic E-state index is -1.32. The van der Waals surface area contributed by atoms with Gasteiger partial charge in [-0.3, -0.25) is 14.4 Å². The molecule has 174 valence electrons. The Morgan fingerprint density at radius 1 is 1.10 bits per heavy atom. The standard InChI is InChI=1S/C18H31N7O6/c1-10(15(27)24-13(18(30)31)6-11-7-21-9-22-11)23-17(29)14(8-26)25-16(28)12(20)4-2-3-5-19/h7,9-10,12-14,26H,2-6,8,19-20H2,1H3,(H,21,22)(H,23,29)(H,24,27)(H,25,28)(H,30,31). The van der Waals surface area contributed by atoms with Crippen molar-refractivity contribution in [2.24, 2.45) is 11.5 Å². The second-order valence-electron chi connectivity index (χ2n) is 7.05. The number of H-pyrrole nitrogens is 1. The molecule has 1 aromatic rings. The maximum Gasteiger partial charge on any atom is 0.326 e. The van der Waals surface area contributed by atoms with Gasteiger partial charge in [0.15, 0.2) is 0 Å². The number of hydrogen-bond acceptors (Lipinski definition) is 8. The lowest BCUT2D eigenvalue weighted by atomic mass is 10.1. The van der Waals surface area contributed by atoms with Crippen LogP contribution in [0.2, 0.25) is 0 Å². The predicted octanol–water partition coefficient (Wildman–Crippen LogP) is -3.04. The number of nitrogens with zero attached hydrogens (tertiary/aromatic N) is 1. The molecule has 4 unspecified atom stereocenters. The first-order chi connectivity index (χ1) is 14.7. The van der Waals surface area contributed by atoms with Crippen LogP contribution in [0.1, 0.15) is 31.9 Å². The third-order valence-corrected chi connectivity index (χ3v) is 4.47. The first-order valence-corrected chi connectivity index (χ1v) is 9.87. The second kappa shape index (κ2) is 13.3. The van der Waals surface area contributed by atoms with Gasteiger partial charge in [0.2, 0.25) is 17.7 Å². The number of aliphatic hydroxyl groups excluding tert-OH is 1. The average molecular weight is 441 g/mol. The highest BCUT2D eigenvalue weighted by atomic mass is 16.4. The van der Waals surface area contributed by atoms with E-state index in [4.69, 9.17) is 11.5 Å². The highest BCUT2D eigenvalue weighted by Gasteiger charge is 2.28. The molecule has 0 aromatic carbocycles. The SMILES string of the molecule is CC(NC(=O)C(CO)NC(=O)C(N)CCCCN)C(=O)NC(Cc1cnc[nH]1)C(=O)O. The largest absolute Gasteiger partial charge is 0.480 e. The maximum absolute atomic E-state index is 12.3. The lowest BCUT2D eigenvalue weighted by molar-refractivity contribution is -0.142. The van der Waals surface area contributed by atoms with Crippen molar-refractivity contribution in [1.29, 1.82) is 0 Å². The Hall–Kier alpha value is -3.03. The van der Waals surface area contributed by atoms with E-state index in [0.29, 0.717) is 31.5 Å². The van der Waals surface area contributed by atoms with E-state index in [-0.39, 0.29) is 6.42 Å². The Morgan fingerprint density at radius 3 is 2.32 bits per heavy atom.